The van der Waals surface area contributed by atoms with Crippen LogP contribution in [0.1, 0.15) is 27.7 Å². The number of carbonyl (C=O) groups excluding carboxylic acids is 2. The van der Waals surface area contributed by atoms with E-state index >= 15 is 0 Å². The molecule has 0 fully saturated rings. The Hall–Kier alpha value is -1.93. The van der Waals surface area contributed by atoms with E-state index in [2.05, 4.69) is 10.0 Å². The van der Waals surface area contributed by atoms with Crippen LogP contribution in [0.2, 0.25) is 0 Å². The number of benzene rings is 1. The van der Waals surface area contributed by atoms with Crippen molar-refractivity contribution in [2.75, 3.05) is 13.2 Å². The number of esters is 1. The Morgan fingerprint density at radius 1 is 1.08 bits per heavy atom. The molecule has 2 N–H and O–H groups in total. The molecule has 0 bridgehead atoms. The third-order valence-corrected chi connectivity index (χ3v) is 4.77. The van der Waals surface area contributed by atoms with Gasteiger partial charge in [0.1, 0.15) is 6.04 Å². The van der Waals surface area contributed by atoms with Gasteiger partial charge in [-0.15, -0.1) is 0 Å². The Bertz CT molecular complexity index is 672. The Morgan fingerprint density at radius 3 is 2.20 bits per heavy atom. The van der Waals surface area contributed by atoms with Gasteiger partial charge in [-0.2, -0.15) is 4.72 Å². The number of ether oxygens (including phenoxy) is 1. The maximum atomic E-state index is 12.4. The number of rotatable bonds is 9. The first-order valence-electron chi connectivity index (χ1n) is 8.14. The minimum atomic E-state index is -3.86. The van der Waals surface area contributed by atoms with Crippen LogP contribution < -0.4 is 10.0 Å². The SMILES string of the molecule is CC(C)CNC(=O)COC(=O)[C@@H](NS(=O)(=O)c1ccccc1)C(C)C. The van der Waals surface area contributed by atoms with Gasteiger partial charge in [0.05, 0.1) is 4.90 Å². The molecule has 0 unspecified atom stereocenters. The van der Waals surface area contributed by atoms with Crippen LogP contribution in [0.4, 0.5) is 0 Å². The zero-order valence-corrected chi connectivity index (χ0v) is 15.8. The molecule has 1 aromatic carbocycles. The molecule has 7 nitrogen and oxygen atoms in total. The van der Waals surface area contributed by atoms with E-state index in [4.69, 9.17) is 4.74 Å². The highest BCUT2D eigenvalue weighted by atomic mass is 32.2. The highest BCUT2D eigenvalue weighted by Gasteiger charge is 2.30. The van der Waals surface area contributed by atoms with Crippen molar-refractivity contribution in [1.29, 1.82) is 0 Å². The van der Waals surface area contributed by atoms with Crippen LogP contribution in [0.25, 0.3) is 0 Å². The zero-order valence-electron chi connectivity index (χ0n) is 15.0. The van der Waals surface area contributed by atoms with Gasteiger partial charge in [0.15, 0.2) is 6.61 Å². The summed E-state index contributed by atoms with van der Waals surface area (Å²) >= 11 is 0. The first-order valence-corrected chi connectivity index (χ1v) is 9.62. The molecular formula is C17H26N2O5S. The van der Waals surface area contributed by atoms with E-state index in [1.54, 1.807) is 32.0 Å². The number of amides is 1. The number of hydrogen-bond acceptors (Lipinski definition) is 5. The quantitative estimate of drug-likeness (QED) is 0.638. The molecule has 0 radical (unpaired) electrons. The Labute approximate surface area is 149 Å². The van der Waals surface area contributed by atoms with Crippen LogP contribution in [0, 0.1) is 11.8 Å². The fourth-order valence-electron chi connectivity index (χ4n) is 1.89. The summed E-state index contributed by atoms with van der Waals surface area (Å²) in [5.74, 6) is -1.27. The summed E-state index contributed by atoms with van der Waals surface area (Å²) < 4.78 is 32.0. The summed E-state index contributed by atoms with van der Waals surface area (Å²) in [7, 11) is -3.86. The van der Waals surface area contributed by atoms with Gasteiger partial charge in [-0.1, -0.05) is 45.9 Å². The number of sulfonamides is 1. The first kappa shape index (κ1) is 21.1. The summed E-state index contributed by atoms with van der Waals surface area (Å²) in [4.78, 5) is 23.9. The molecule has 25 heavy (non-hydrogen) atoms. The van der Waals surface area contributed by atoms with Crippen molar-refractivity contribution in [2.45, 2.75) is 38.6 Å². The molecule has 0 spiro atoms. The van der Waals surface area contributed by atoms with Gasteiger partial charge in [0, 0.05) is 6.54 Å². The molecule has 140 valence electrons. The van der Waals surface area contributed by atoms with Crippen molar-refractivity contribution in [1.82, 2.24) is 10.0 Å². The van der Waals surface area contributed by atoms with Crippen molar-refractivity contribution in [3.63, 3.8) is 0 Å². The molecule has 0 aromatic heterocycles. The molecule has 1 rings (SSSR count). The van der Waals surface area contributed by atoms with Crippen molar-refractivity contribution in [2.24, 2.45) is 11.8 Å². The maximum Gasteiger partial charge on any atom is 0.324 e. The average molecular weight is 370 g/mol. The third-order valence-electron chi connectivity index (χ3n) is 3.31. The van der Waals surface area contributed by atoms with Crippen LogP contribution >= 0.6 is 0 Å². The lowest BCUT2D eigenvalue weighted by atomic mass is 10.1. The van der Waals surface area contributed by atoms with Crippen molar-refractivity contribution < 1.29 is 22.7 Å². The molecule has 0 heterocycles. The topological polar surface area (TPSA) is 102 Å². The van der Waals surface area contributed by atoms with E-state index in [-0.39, 0.29) is 16.7 Å². The second kappa shape index (κ2) is 9.53. The molecule has 0 aliphatic rings. The van der Waals surface area contributed by atoms with Crippen LogP contribution in [0.3, 0.4) is 0 Å². The van der Waals surface area contributed by atoms with Gasteiger partial charge >= 0.3 is 5.97 Å². The average Bonchev–Trinajstić information content (AvgIpc) is 2.56. The van der Waals surface area contributed by atoms with Crippen molar-refractivity contribution in [3.8, 4) is 0 Å². The van der Waals surface area contributed by atoms with Gasteiger partial charge < -0.3 is 10.1 Å². The molecule has 1 atom stereocenters. The molecule has 0 saturated heterocycles. The monoisotopic (exact) mass is 370 g/mol. The molecule has 0 aliphatic carbocycles. The zero-order chi connectivity index (χ0) is 19.0. The minimum absolute atomic E-state index is 0.0585. The fraction of sp³-hybridized carbons (Fsp3) is 0.529. The molecule has 0 aliphatic heterocycles. The van der Waals surface area contributed by atoms with Crippen LogP contribution in [0.5, 0.6) is 0 Å². The predicted molar refractivity (Wildman–Crippen MR) is 94.2 cm³/mol. The minimum Gasteiger partial charge on any atom is -0.454 e. The van der Waals surface area contributed by atoms with E-state index < -0.39 is 34.5 Å². The molecule has 1 amide bonds. The lowest BCUT2D eigenvalue weighted by molar-refractivity contribution is -0.151. The highest BCUT2D eigenvalue weighted by Crippen LogP contribution is 2.12. The number of hydrogen-bond donors (Lipinski definition) is 2. The number of carbonyl (C=O) groups is 2. The highest BCUT2D eigenvalue weighted by molar-refractivity contribution is 7.89. The van der Waals surface area contributed by atoms with E-state index in [9.17, 15) is 18.0 Å². The Balaban J connectivity index is 2.70. The lowest BCUT2D eigenvalue weighted by Crippen LogP contribution is -2.46. The van der Waals surface area contributed by atoms with Gasteiger partial charge in [0.25, 0.3) is 5.91 Å². The summed E-state index contributed by atoms with van der Waals surface area (Å²) in [5, 5.41) is 2.62. The standard InChI is InChI=1S/C17H26N2O5S/c1-12(2)10-18-15(20)11-24-17(21)16(13(3)4)19-25(22,23)14-8-6-5-7-9-14/h5-9,12-13,16,19H,10-11H2,1-4H3,(H,18,20)/t16-/m0/s1. The van der Waals surface area contributed by atoms with Gasteiger partial charge in [-0.05, 0) is 24.0 Å². The van der Waals surface area contributed by atoms with E-state index in [0.717, 1.165) is 0 Å². The van der Waals surface area contributed by atoms with E-state index in [1.165, 1.54) is 12.1 Å². The van der Waals surface area contributed by atoms with Crippen LogP contribution in [-0.2, 0) is 24.3 Å². The lowest BCUT2D eigenvalue weighted by Gasteiger charge is -2.20. The van der Waals surface area contributed by atoms with Crippen LogP contribution in [0.15, 0.2) is 35.2 Å². The normalized spacial score (nSPS) is 12.9. The molecule has 8 heteroatoms. The maximum absolute atomic E-state index is 12.4. The summed E-state index contributed by atoms with van der Waals surface area (Å²) in [6, 6.07) is 6.67. The Kier molecular flexibility index (Phi) is 8.05. The first-order chi connectivity index (χ1) is 11.6. The smallest absolute Gasteiger partial charge is 0.324 e. The van der Waals surface area contributed by atoms with Crippen molar-refractivity contribution in [3.05, 3.63) is 30.3 Å². The van der Waals surface area contributed by atoms with Gasteiger partial charge in [0.2, 0.25) is 10.0 Å². The van der Waals surface area contributed by atoms with E-state index in [1.807, 2.05) is 13.8 Å². The van der Waals surface area contributed by atoms with Gasteiger partial charge in [-0.25, -0.2) is 8.42 Å². The van der Waals surface area contributed by atoms with E-state index in [0.29, 0.717) is 6.54 Å². The fourth-order valence-corrected chi connectivity index (χ4v) is 3.24. The summed E-state index contributed by atoms with van der Waals surface area (Å²) in [6.45, 7) is 7.31. The second-order valence-electron chi connectivity index (χ2n) is 6.46. The predicted octanol–water partition coefficient (Wildman–Crippen LogP) is 1.30. The van der Waals surface area contributed by atoms with Crippen LogP contribution in [-0.4, -0.2) is 39.5 Å². The van der Waals surface area contributed by atoms with Crippen molar-refractivity contribution >= 4 is 21.9 Å². The largest absolute Gasteiger partial charge is 0.454 e. The summed E-state index contributed by atoms with van der Waals surface area (Å²) in [6.07, 6.45) is 0. The summed E-state index contributed by atoms with van der Waals surface area (Å²) in [5.41, 5.74) is 0. The molecule has 1 aromatic rings. The van der Waals surface area contributed by atoms with Gasteiger partial charge in [-0.3, -0.25) is 9.59 Å². The molecule has 0 saturated carbocycles. The number of nitrogens with one attached hydrogen (secondary N) is 2. The second-order valence-corrected chi connectivity index (χ2v) is 8.18. The Morgan fingerprint density at radius 2 is 1.68 bits per heavy atom. The molecular weight excluding hydrogens is 344 g/mol. The third kappa shape index (κ3) is 7.23.